The zero-order valence-corrected chi connectivity index (χ0v) is 43.3. The van der Waals surface area contributed by atoms with Crippen molar-refractivity contribution in [2.75, 3.05) is 39.3 Å². The van der Waals surface area contributed by atoms with E-state index >= 15 is 0 Å². The number of aliphatic carboxylic acids is 16. The predicted octanol–water partition coefficient (Wildman–Crippen LogP) is -5.04. The van der Waals surface area contributed by atoms with E-state index < -0.39 is 248 Å². The minimum Gasteiger partial charge on any atom is -0.481 e. The first-order chi connectivity index (χ1) is 39.7. The maximum Gasteiger partial charge on any atom is 0.372 e. The summed E-state index contributed by atoms with van der Waals surface area (Å²) in [5.41, 5.74) is -2.41. The molecule has 44 nitrogen and oxygen atoms in total. The SMILES string of the molecule is O=C(O)C1CC(C(=O)O)C(C(=O)O)C1C(=O)O.O=C(O)CC(C(=O)O)C(CC(=O)O)C(=O)O.O=C(O)CC(NC(CC(=O)O)C(=O)O)C(=O)O.O=C(O)CN(CCN(CC(=O)O)CC(=O)O)CC(=O)O.O=C(O)c1oc(C(=O)O)c(C(=O)O)c1C(=O)O. The largest absolute Gasteiger partial charge is 0.481 e. The van der Waals surface area contributed by atoms with Gasteiger partial charge in [-0.3, -0.25) is 91.8 Å². The van der Waals surface area contributed by atoms with Crippen LogP contribution in [0.4, 0.5) is 0 Å². The molecule has 1 fully saturated rings. The molecule has 2 rings (SSSR count). The molecule has 8 unspecified atom stereocenters. The van der Waals surface area contributed by atoms with Gasteiger partial charge in [-0.1, -0.05) is 0 Å². The van der Waals surface area contributed by atoms with Crippen LogP contribution >= 0.6 is 0 Å². The minimum atomic E-state index is -1.91. The van der Waals surface area contributed by atoms with Crippen molar-refractivity contribution >= 4 is 119 Å². The number of hydrogen-bond donors (Lipinski definition) is 21. The lowest BCUT2D eigenvalue weighted by molar-refractivity contribution is -0.160. The quantitative estimate of drug-likeness (QED) is 0.0307. The summed E-state index contributed by atoms with van der Waals surface area (Å²) in [5.74, 6) is -43.4. The molecule has 1 aromatic heterocycles. The van der Waals surface area contributed by atoms with Crippen molar-refractivity contribution in [1.29, 1.82) is 0 Å². The monoisotopic (exact) mass is 1270 g/mol. The summed E-state index contributed by atoms with van der Waals surface area (Å²) in [5, 5.41) is 174. The van der Waals surface area contributed by atoms with Gasteiger partial charge in [0.2, 0.25) is 11.5 Å². The van der Waals surface area contributed by atoms with Gasteiger partial charge in [0.05, 0.1) is 87.4 Å². The fourth-order valence-corrected chi connectivity index (χ4v) is 7.05. The molecule has 0 amide bonds. The van der Waals surface area contributed by atoms with Crippen LogP contribution in [-0.2, 0) is 76.7 Å². The van der Waals surface area contributed by atoms with Crippen LogP contribution in [0.2, 0.25) is 0 Å². The maximum absolute atomic E-state index is 10.9. The third kappa shape index (κ3) is 30.4. The Hall–Kier alpha value is -11.4. The molecule has 0 aliphatic heterocycles. The number of carbonyl (C=O) groups is 20. The second-order valence-corrected chi connectivity index (χ2v) is 16.8. The Morgan fingerprint density at radius 2 is 0.598 bits per heavy atom. The highest BCUT2D eigenvalue weighted by atomic mass is 16.5. The lowest BCUT2D eigenvalue weighted by Crippen LogP contribution is -2.48. The summed E-state index contributed by atoms with van der Waals surface area (Å²) in [7, 11) is 0. The molecule has 1 aliphatic rings. The van der Waals surface area contributed by atoms with Gasteiger partial charge in [-0.2, -0.15) is 0 Å². The van der Waals surface area contributed by atoms with E-state index in [0.717, 1.165) is 9.80 Å². The van der Waals surface area contributed by atoms with Crippen molar-refractivity contribution < 1.29 is 202 Å². The molecule has 21 N–H and O–H groups in total. The smallest absolute Gasteiger partial charge is 0.372 e. The number of nitrogens with zero attached hydrogens (tertiary/aromatic N) is 2. The van der Waals surface area contributed by atoms with E-state index in [-0.39, 0.29) is 13.1 Å². The van der Waals surface area contributed by atoms with Crippen LogP contribution in [0.1, 0.15) is 73.9 Å². The predicted molar refractivity (Wildman–Crippen MR) is 256 cm³/mol. The average Bonchev–Trinajstić information content (AvgIpc) is 1.84. The van der Waals surface area contributed by atoms with Crippen molar-refractivity contribution in [1.82, 2.24) is 15.1 Å². The molecular weight excluding hydrogens is 1210 g/mol. The Balaban J connectivity index is -0.00000102. The Morgan fingerprint density at radius 3 is 0.759 bits per heavy atom. The summed E-state index contributed by atoms with van der Waals surface area (Å²) < 4.78 is 4.23. The van der Waals surface area contributed by atoms with E-state index in [0.29, 0.717) is 0 Å². The Labute approximate surface area is 478 Å². The zero-order chi connectivity index (χ0) is 68.8. The Kier molecular flexibility index (Phi) is 34.5. The van der Waals surface area contributed by atoms with Gasteiger partial charge in [0.1, 0.15) is 23.2 Å². The second-order valence-electron chi connectivity index (χ2n) is 16.8. The summed E-state index contributed by atoms with van der Waals surface area (Å²) >= 11 is 0. The number of carboxylic acid groups (broad SMARTS) is 20. The summed E-state index contributed by atoms with van der Waals surface area (Å²) in [4.78, 5) is 214. The molecule has 1 aliphatic carbocycles. The third-order valence-electron chi connectivity index (χ3n) is 10.5. The number of rotatable bonds is 34. The first-order valence-electron chi connectivity index (χ1n) is 22.6. The minimum absolute atomic E-state index is 0.0703. The fraction of sp³-hybridized carbons (Fsp3) is 0.442. The fourth-order valence-electron chi connectivity index (χ4n) is 7.05. The summed E-state index contributed by atoms with van der Waals surface area (Å²) in [6.07, 6.45) is -4.05. The number of aromatic carboxylic acids is 4. The zero-order valence-electron chi connectivity index (χ0n) is 43.3. The molecule has 484 valence electrons. The summed E-state index contributed by atoms with van der Waals surface area (Å²) in [6.45, 7) is -2.25. The number of nitrogens with one attached hydrogen (secondary N) is 1. The van der Waals surface area contributed by atoms with Crippen LogP contribution in [0.15, 0.2) is 4.42 Å². The Bertz CT molecular complexity index is 2620. The highest BCUT2D eigenvalue weighted by Crippen LogP contribution is 2.42. The van der Waals surface area contributed by atoms with Crippen molar-refractivity contribution in [3.63, 3.8) is 0 Å². The molecule has 0 bridgehead atoms. The van der Waals surface area contributed by atoms with E-state index in [1.54, 1.807) is 0 Å². The van der Waals surface area contributed by atoms with Crippen molar-refractivity contribution in [2.24, 2.45) is 35.5 Å². The van der Waals surface area contributed by atoms with Gasteiger partial charge in [-0.05, 0) is 6.42 Å². The standard InChI is InChI=1S/C10H16N2O8.C9H10O8.C8H11NO8.C8H4O9.C8H10O8/c13-7(14)3-11(4-8(15)16)1-2-12(5-9(17)18)6-10(19)20;10-6(11)2-1-3(7(12)13)5(9(16)17)4(2)8(14)15;10-5(11)1-3(7(14)15)9-4(8(16)17)2-6(12)13;9-5(10)1-2(6(11)12)4(8(15)16)17-3(1)7(13)14;9-5(10)1-3(7(13)14)4(8(15)16)2-6(11)12/h1-6H2,(H,13,14)(H,15,16)(H,17,18)(H,19,20);2-5H,1H2,(H,10,11)(H,12,13)(H,14,15)(H,16,17);3-4,9H,1-2H2,(H,10,11)(H,12,13)(H,14,15)(H,16,17);(H,9,10)(H,11,12)(H,13,14)(H,15,16);3-4H,1-2H2,(H,9,10)(H,11,12)(H,13,14)(H,15,16). The second kappa shape index (κ2) is 37.6. The molecular formula is C43H51N3O41. The highest BCUT2D eigenvalue weighted by Gasteiger charge is 2.56. The van der Waals surface area contributed by atoms with Crippen LogP contribution in [0.25, 0.3) is 0 Å². The molecule has 87 heavy (non-hydrogen) atoms. The topological polar surface area (TPSA) is 778 Å². The first-order valence-corrected chi connectivity index (χ1v) is 22.6. The van der Waals surface area contributed by atoms with Crippen LogP contribution in [0.3, 0.4) is 0 Å². The van der Waals surface area contributed by atoms with Gasteiger partial charge in [0.15, 0.2) is 0 Å². The third-order valence-corrected chi connectivity index (χ3v) is 10.5. The van der Waals surface area contributed by atoms with E-state index in [2.05, 4.69) is 4.42 Å². The lowest BCUT2D eigenvalue weighted by atomic mass is 9.87. The van der Waals surface area contributed by atoms with Gasteiger partial charge in [0.25, 0.3) is 0 Å². The number of furan rings is 1. The summed E-state index contributed by atoms with van der Waals surface area (Å²) in [6, 6.07) is -3.32. The van der Waals surface area contributed by atoms with E-state index in [1.807, 2.05) is 5.32 Å². The van der Waals surface area contributed by atoms with Crippen LogP contribution in [-0.4, -0.2) is 283 Å². The average molecular weight is 1270 g/mol. The van der Waals surface area contributed by atoms with E-state index in [4.69, 9.17) is 102 Å². The Morgan fingerprint density at radius 1 is 0.345 bits per heavy atom. The number of carboxylic acids is 20. The van der Waals surface area contributed by atoms with Gasteiger partial charge in [-0.25, -0.2) is 19.2 Å². The maximum atomic E-state index is 10.9. The van der Waals surface area contributed by atoms with E-state index in [1.165, 1.54) is 0 Å². The van der Waals surface area contributed by atoms with Gasteiger partial charge in [-0.15, -0.1) is 0 Å². The normalized spacial score (nSPS) is 15.8. The highest BCUT2D eigenvalue weighted by molar-refractivity contribution is 6.12. The molecule has 1 saturated carbocycles. The lowest BCUT2D eigenvalue weighted by Gasteiger charge is -2.23. The van der Waals surface area contributed by atoms with Crippen LogP contribution < -0.4 is 5.32 Å². The van der Waals surface area contributed by atoms with Crippen molar-refractivity contribution in [2.45, 2.75) is 44.2 Å². The molecule has 0 aromatic carbocycles. The van der Waals surface area contributed by atoms with Gasteiger partial charge in [0, 0.05) is 13.1 Å². The van der Waals surface area contributed by atoms with Gasteiger partial charge >= 0.3 is 119 Å². The van der Waals surface area contributed by atoms with Crippen LogP contribution in [0, 0.1) is 35.5 Å². The van der Waals surface area contributed by atoms with Crippen molar-refractivity contribution in [3.05, 3.63) is 22.6 Å². The number of hydrogen-bond acceptors (Lipinski definition) is 24. The van der Waals surface area contributed by atoms with Crippen molar-refractivity contribution in [3.8, 4) is 0 Å². The molecule has 0 saturated heterocycles. The molecule has 1 heterocycles. The van der Waals surface area contributed by atoms with Crippen LogP contribution in [0.5, 0.6) is 0 Å². The molecule has 44 heteroatoms. The van der Waals surface area contributed by atoms with E-state index in [9.17, 15) is 95.9 Å². The molecule has 0 spiro atoms. The van der Waals surface area contributed by atoms with Gasteiger partial charge < -0.3 is 107 Å². The first kappa shape index (κ1) is 79.8. The molecule has 8 atom stereocenters. The molecule has 0 radical (unpaired) electrons. The molecule has 1 aromatic rings.